The molecule has 0 aromatic carbocycles. The van der Waals surface area contributed by atoms with Gasteiger partial charge in [0.2, 0.25) is 0 Å². The molecule has 17 heavy (non-hydrogen) atoms. The van der Waals surface area contributed by atoms with Crippen LogP contribution < -0.4 is 5.73 Å². The molecule has 1 aliphatic rings. The van der Waals surface area contributed by atoms with E-state index >= 15 is 0 Å². The molecule has 5 atom stereocenters. The molecule has 1 rings (SSSR count). The fourth-order valence-electron chi connectivity index (χ4n) is 3.43. The van der Waals surface area contributed by atoms with Gasteiger partial charge in [0.15, 0.2) is 0 Å². The molecule has 1 saturated carbocycles. The molecule has 2 nitrogen and oxygen atoms in total. The van der Waals surface area contributed by atoms with Gasteiger partial charge in [-0.05, 0) is 51.0 Å². The lowest BCUT2D eigenvalue weighted by Gasteiger charge is -2.41. The van der Waals surface area contributed by atoms with Gasteiger partial charge in [-0.25, -0.2) is 0 Å². The predicted octanol–water partition coefficient (Wildman–Crippen LogP) is 3.12. The Hall–Kier alpha value is -0.0800. The van der Waals surface area contributed by atoms with Crippen LogP contribution in [0.1, 0.15) is 53.4 Å². The van der Waals surface area contributed by atoms with E-state index in [1.165, 1.54) is 32.2 Å². The highest BCUT2D eigenvalue weighted by Crippen LogP contribution is 2.33. The Bertz CT molecular complexity index is 205. The van der Waals surface area contributed by atoms with Crippen LogP contribution in [0.2, 0.25) is 0 Å². The summed E-state index contributed by atoms with van der Waals surface area (Å²) in [4.78, 5) is 2.51. The molecular weight excluding hydrogens is 208 g/mol. The average Bonchev–Trinajstić information content (AvgIpc) is 2.23. The molecule has 0 aromatic heterocycles. The summed E-state index contributed by atoms with van der Waals surface area (Å²) in [6, 6.07) is 1.10. The van der Waals surface area contributed by atoms with Crippen molar-refractivity contribution in [3.05, 3.63) is 0 Å². The van der Waals surface area contributed by atoms with E-state index in [0.717, 1.165) is 11.8 Å². The normalized spacial score (nSPS) is 36.2. The van der Waals surface area contributed by atoms with Crippen molar-refractivity contribution in [2.75, 3.05) is 13.6 Å². The average molecular weight is 240 g/mol. The Kier molecular flexibility index (Phi) is 5.94. The zero-order valence-corrected chi connectivity index (χ0v) is 12.4. The SMILES string of the molecule is CCCC(C)N(C)CC1C(C)CC(C)CC1N. The molecule has 0 spiro atoms. The van der Waals surface area contributed by atoms with Crippen molar-refractivity contribution in [2.45, 2.75) is 65.5 Å². The highest BCUT2D eigenvalue weighted by molar-refractivity contribution is 4.87. The van der Waals surface area contributed by atoms with Crippen LogP contribution in [0.4, 0.5) is 0 Å². The van der Waals surface area contributed by atoms with Crippen molar-refractivity contribution in [3.8, 4) is 0 Å². The van der Waals surface area contributed by atoms with Crippen molar-refractivity contribution in [2.24, 2.45) is 23.5 Å². The summed E-state index contributed by atoms with van der Waals surface area (Å²) < 4.78 is 0. The molecule has 0 amide bonds. The van der Waals surface area contributed by atoms with E-state index < -0.39 is 0 Å². The van der Waals surface area contributed by atoms with Crippen molar-refractivity contribution < 1.29 is 0 Å². The van der Waals surface area contributed by atoms with Crippen LogP contribution in [0.15, 0.2) is 0 Å². The summed E-state index contributed by atoms with van der Waals surface area (Å²) in [6.07, 6.45) is 5.14. The smallest absolute Gasteiger partial charge is 0.00844 e. The Labute approximate surface area is 108 Å². The van der Waals surface area contributed by atoms with Crippen LogP contribution in [0.25, 0.3) is 0 Å². The highest BCUT2D eigenvalue weighted by atomic mass is 15.1. The van der Waals surface area contributed by atoms with Crippen LogP contribution in [-0.4, -0.2) is 30.6 Å². The van der Waals surface area contributed by atoms with Gasteiger partial charge >= 0.3 is 0 Å². The van der Waals surface area contributed by atoms with Crippen LogP contribution >= 0.6 is 0 Å². The third-order valence-corrected chi connectivity index (χ3v) is 4.69. The van der Waals surface area contributed by atoms with Crippen molar-refractivity contribution in [1.82, 2.24) is 4.90 Å². The lowest BCUT2D eigenvalue weighted by atomic mass is 9.72. The van der Waals surface area contributed by atoms with Gasteiger partial charge in [0.1, 0.15) is 0 Å². The largest absolute Gasteiger partial charge is 0.327 e. The highest BCUT2D eigenvalue weighted by Gasteiger charge is 2.32. The molecule has 0 aliphatic heterocycles. The lowest BCUT2D eigenvalue weighted by molar-refractivity contribution is 0.111. The van der Waals surface area contributed by atoms with Gasteiger partial charge in [-0.1, -0.05) is 27.2 Å². The molecule has 2 heteroatoms. The second-order valence-electron chi connectivity index (χ2n) is 6.46. The summed E-state index contributed by atoms with van der Waals surface area (Å²) in [5.41, 5.74) is 6.36. The first-order valence-corrected chi connectivity index (χ1v) is 7.41. The maximum Gasteiger partial charge on any atom is 0.00844 e. The molecular formula is C15H32N2. The molecule has 0 heterocycles. The van der Waals surface area contributed by atoms with E-state index in [-0.39, 0.29) is 0 Å². The van der Waals surface area contributed by atoms with Crippen molar-refractivity contribution in [3.63, 3.8) is 0 Å². The number of rotatable bonds is 5. The van der Waals surface area contributed by atoms with Gasteiger partial charge in [0.05, 0.1) is 0 Å². The monoisotopic (exact) mass is 240 g/mol. The Balaban J connectivity index is 2.49. The van der Waals surface area contributed by atoms with Crippen LogP contribution in [0.3, 0.4) is 0 Å². The molecule has 1 aliphatic carbocycles. The summed E-state index contributed by atoms with van der Waals surface area (Å²) in [5, 5.41) is 0. The van der Waals surface area contributed by atoms with E-state index in [4.69, 9.17) is 5.73 Å². The van der Waals surface area contributed by atoms with Gasteiger partial charge in [-0.2, -0.15) is 0 Å². The molecule has 0 bridgehead atoms. The van der Waals surface area contributed by atoms with Crippen LogP contribution in [0, 0.1) is 17.8 Å². The maximum absolute atomic E-state index is 6.36. The van der Waals surface area contributed by atoms with Gasteiger partial charge in [0.25, 0.3) is 0 Å². The number of hydrogen-bond donors (Lipinski definition) is 1. The van der Waals surface area contributed by atoms with Gasteiger partial charge in [0, 0.05) is 18.6 Å². The maximum atomic E-state index is 6.36. The summed E-state index contributed by atoms with van der Waals surface area (Å²) in [5.74, 6) is 2.29. The number of hydrogen-bond acceptors (Lipinski definition) is 2. The van der Waals surface area contributed by atoms with Crippen molar-refractivity contribution in [1.29, 1.82) is 0 Å². The second-order valence-corrected chi connectivity index (χ2v) is 6.46. The standard InChI is InChI=1S/C15H32N2/c1-6-7-13(4)17(5)10-14-12(3)8-11(2)9-15(14)16/h11-15H,6-10,16H2,1-5H3. The molecule has 0 saturated heterocycles. The Morgan fingerprint density at radius 1 is 1.29 bits per heavy atom. The van der Waals surface area contributed by atoms with Gasteiger partial charge in [-0.15, -0.1) is 0 Å². The third-order valence-electron chi connectivity index (χ3n) is 4.69. The molecule has 5 unspecified atom stereocenters. The van der Waals surface area contributed by atoms with Gasteiger partial charge in [-0.3, -0.25) is 0 Å². The lowest BCUT2D eigenvalue weighted by Crippen LogP contribution is -2.47. The third kappa shape index (κ3) is 4.26. The van der Waals surface area contributed by atoms with Crippen LogP contribution in [-0.2, 0) is 0 Å². The molecule has 1 fully saturated rings. The topological polar surface area (TPSA) is 29.3 Å². The first kappa shape index (κ1) is 15.0. The molecule has 2 N–H and O–H groups in total. The Morgan fingerprint density at radius 3 is 2.47 bits per heavy atom. The second kappa shape index (κ2) is 6.75. The first-order valence-electron chi connectivity index (χ1n) is 7.41. The van der Waals surface area contributed by atoms with E-state index in [1.54, 1.807) is 0 Å². The summed E-state index contributed by atoms with van der Waals surface area (Å²) >= 11 is 0. The number of nitrogens with two attached hydrogens (primary N) is 1. The quantitative estimate of drug-likeness (QED) is 0.800. The Morgan fingerprint density at radius 2 is 1.94 bits per heavy atom. The van der Waals surface area contributed by atoms with E-state index in [1.807, 2.05) is 0 Å². The summed E-state index contributed by atoms with van der Waals surface area (Å²) in [7, 11) is 2.26. The molecule has 0 radical (unpaired) electrons. The van der Waals surface area contributed by atoms with Crippen LogP contribution in [0.5, 0.6) is 0 Å². The minimum atomic E-state index is 0.407. The first-order chi connectivity index (χ1) is 7.95. The fourth-order valence-corrected chi connectivity index (χ4v) is 3.43. The molecule has 102 valence electrons. The zero-order chi connectivity index (χ0) is 13.0. The van der Waals surface area contributed by atoms with E-state index in [0.29, 0.717) is 18.0 Å². The van der Waals surface area contributed by atoms with E-state index in [9.17, 15) is 0 Å². The fraction of sp³-hybridized carbons (Fsp3) is 1.00. The predicted molar refractivity (Wildman–Crippen MR) is 76.0 cm³/mol. The van der Waals surface area contributed by atoms with Crippen molar-refractivity contribution >= 4 is 0 Å². The minimum Gasteiger partial charge on any atom is -0.327 e. The minimum absolute atomic E-state index is 0.407. The molecule has 0 aromatic rings. The zero-order valence-electron chi connectivity index (χ0n) is 12.4. The number of nitrogens with zero attached hydrogens (tertiary/aromatic N) is 1. The van der Waals surface area contributed by atoms with Gasteiger partial charge < -0.3 is 10.6 Å². The summed E-state index contributed by atoms with van der Waals surface area (Å²) in [6.45, 7) is 10.5. The van der Waals surface area contributed by atoms with E-state index in [2.05, 4.69) is 39.6 Å².